The smallest absolute Gasteiger partial charge is 0.278 e. The predicted molar refractivity (Wildman–Crippen MR) is 111 cm³/mol. The van der Waals surface area contributed by atoms with E-state index in [2.05, 4.69) is 15.0 Å². The van der Waals surface area contributed by atoms with Gasteiger partial charge in [0.05, 0.1) is 24.1 Å². The minimum absolute atomic E-state index is 0.163. The van der Waals surface area contributed by atoms with Crippen LogP contribution in [0.2, 0.25) is 0 Å². The fourth-order valence-electron chi connectivity index (χ4n) is 3.56. The van der Waals surface area contributed by atoms with Crippen LogP contribution >= 0.6 is 11.3 Å². The van der Waals surface area contributed by atoms with Gasteiger partial charge in [-0.3, -0.25) is 19.3 Å². The highest BCUT2D eigenvalue weighted by molar-refractivity contribution is 7.22. The molecule has 7 nitrogen and oxygen atoms in total. The number of carbonyl (C=O) groups excluding carboxylic acids is 1. The van der Waals surface area contributed by atoms with Crippen molar-refractivity contribution in [2.45, 2.75) is 13.3 Å². The Labute approximate surface area is 172 Å². The number of fused-ring (bicyclic) bond motifs is 1. The van der Waals surface area contributed by atoms with Gasteiger partial charge < -0.3 is 4.74 Å². The number of hydrogen-bond donors (Lipinski definition) is 0. The molecule has 0 saturated carbocycles. The molecule has 0 spiro atoms. The Kier molecular flexibility index (Phi) is 5.89. The lowest BCUT2D eigenvalue weighted by molar-refractivity contribution is 0.0376. The summed E-state index contributed by atoms with van der Waals surface area (Å²) in [6.45, 7) is 6.54. The molecule has 0 bridgehead atoms. The highest BCUT2D eigenvalue weighted by atomic mass is 32.1. The summed E-state index contributed by atoms with van der Waals surface area (Å²) >= 11 is 1.33. The second kappa shape index (κ2) is 8.56. The van der Waals surface area contributed by atoms with Gasteiger partial charge in [-0.1, -0.05) is 17.4 Å². The van der Waals surface area contributed by atoms with Crippen molar-refractivity contribution in [3.05, 3.63) is 41.5 Å². The summed E-state index contributed by atoms with van der Waals surface area (Å²) in [4.78, 5) is 21.8. The van der Waals surface area contributed by atoms with Crippen molar-refractivity contribution in [2.24, 2.45) is 7.05 Å². The Morgan fingerprint density at radius 1 is 1.34 bits per heavy atom. The highest BCUT2D eigenvalue weighted by Gasteiger charge is 2.26. The van der Waals surface area contributed by atoms with Crippen molar-refractivity contribution in [1.29, 1.82) is 0 Å². The van der Waals surface area contributed by atoms with Crippen LogP contribution in [0.1, 0.15) is 22.5 Å². The summed E-state index contributed by atoms with van der Waals surface area (Å²) in [5.74, 6) is -0.536. The minimum atomic E-state index is -0.373. The predicted octanol–water partition coefficient (Wildman–Crippen LogP) is 2.85. The number of hydrogen-bond acceptors (Lipinski definition) is 6. The van der Waals surface area contributed by atoms with Crippen LogP contribution in [-0.2, 0) is 11.8 Å². The number of rotatable bonds is 6. The van der Waals surface area contributed by atoms with E-state index in [9.17, 15) is 9.18 Å². The molecular formula is C20H24FN5O2S. The Bertz CT molecular complexity index is 992. The molecule has 0 N–H and O–H groups in total. The molecule has 1 amide bonds. The summed E-state index contributed by atoms with van der Waals surface area (Å²) in [6.07, 6.45) is 2.47. The van der Waals surface area contributed by atoms with E-state index in [1.807, 2.05) is 13.0 Å². The molecule has 1 aliphatic rings. The van der Waals surface area contributed by atoms with Gasteiger partial charge >= 0.3 is 0 Å². The lowest BCUT2D eigenvalue weighted by atomic mass is 10.2. The van der Waals surface area contributed by atoms with Crippen molar-refractivity contribution in [2.75, 3.05) is 44.3 Å². The lowest BCUT2D eigenvalue weighted by Crippen LogP contribution is -2.39. The molecule has 29 heavy (non-hydrogen) atoms. The molecule has 1 aromatic carbocycles. The third kappa shape index (κ3) is 4.17. The van der Waals surface area contributed by atoms with Crippen molar-refractivity contribution in [1.82, 2.24) is 19.7 Å². The van der Waals surface area contributed by atoms with Gasteiger partial charge in [0.15, 0.2) is 5.13 Å². The topological polar surface area (TPSA) is 63.5 Å². The molecule has 1 saturated heterocycles. The molecule has 9 heteroatoms. The maximum Gasteiger partial charge on any atom is 0.278 e. The second-order valence-corrected chi connectivity index (χ2v) is 8.16. The standard InChI is InChI=1S/C20H24FN5O2S/c1-14-13-22-24(2)18(14)19(27)26(8-4-7-25-9-11-28-12-10-25)20-23-17-15(21)5-3-6-16(17)29-20/h3,5-6,13H,4,7-12H2,1-2H3. The van der Waals surface area contributed by atoms with Gasteiger partial charge in [-0.15, -0.1) is 0 Å². The molecule has 0 aliphatic carbocycles. The van der Waals surface area contributed by atoms with Crippen LogP contribution in [0, 0.1) is 12.7 Å². The van der Waals surface area contributed by atoms with E-state index in [0.29, 0.717) is 22.9 Å². The first-order valence-electron chi connectivity index (χ1n) is 9.70. The zero-order valence-electron chi connectivity index (χ0n) is 16.6. The van der Waals surface area contributed by atoms with Crippen molar-refractivity contribution >= 4 is 32.6 Å². The minimum Gasteiger partial charge on any atom is -0.379 e. The number of halogens is 1. The number of amides is 1. The number of thiazole rings is 1. The fraction of sp³-hybridized carbons (Fsp3) is 0.450. The van der Waals surface area contributed by atoms with Gasteiger partial charge in [-0.25, -0.2) is 9.37 Å². The van der Waals surface area contributed by atoms with Crippen LogP contribution < -0.4 is 4.90 Å². The van der Waals surface area contributed by atoms with Gasteiger partial charge in [-0.2, -0.15) is 5.10 Å². The van der Waals surface area contributed by atoms with Crippen LogP contribution in [0.5, 0.6) is 0 Å². The number of morpholine rings is 1. The monoisotopic (exact) mass is 417 g/mol. The first-order valence-corrected chi connectivity index (χ1v) is 10.5. The average Bonchev–Trinajstić information content (AvgIpc) is 3.29. The Hall–Kier alpha value is -2.36. The average molecular weight is 418 g/mol. The normalized spacial score (nSPS) is 15.1. The number of nitrogens with zero attached hydrogens (tertiary/aromatic N) is 5. The van der Waals surface area contributed by atoms with Gasteiger partial charge in [0.25, 0.3) is 5.91 Å². The van der Waals surface area contributed by atoms with Gasteiger partial charge in [-0.05, 0) is 31.0 Å². The first-order chi connectivity index (χ1) is 14.0. The van der Waals surface area contributed by atoms with E-state index in [1.165, 1.54) is 17.4 Å². The molecular weight excluding hydrogens is 393 g/mol. The van der Waals surface area contributed by atoms with E-state index in [0.717, 1.165) is 49.5 Å². The number of ether oxygens (including phenoxy) is 1. The second-order valence-electron chi connectivity index (χ2n) is 7.15. The summed E-state index contributed by atoms with van der Waals surface area (Å²) < 4.78 is 21.9. The van der Waals surface area contributed by atoms with Crippen LogP contribution in [0.4, 0.5) is 9.52 Å². The molecule has 154 valence electrons. The number of para-hydroxylation sites is 1. The molecule has 0 unspecified atom stereocenters. The van der Waals surface area contributed by atoms with Crippen LogP contribution in [0.15, 0.2) is 24.4 Å². The van der Waals surface area contributed by atoms with E-state index in [4.69, 9.17) is 4.74 Å². The molecule has 4 rings (SSSR count). The molecule has 2 aromatic heterocycles. The Balaban J connectivity index is 1.60. The maximum absolute atomic E-state index is 14.2. The van der Waals surface area contributed by atoms with Crippen molar-refractivity contribution < 1.29 is 13.9 Å². The van der Waals surface area contributed by atoms with E-state index >= 15 is 0 Å². The summed E-state index contributed by atoms with van der Waals surface area (Å²) in [7, 11) is 1.75. The van der Waals surface area contributed by atoms with Crippen molar-refractivity contribution in [3.8, 4) is 0 Å². The third-order valence-corrected chi connectivity index (χ3v) is 6.16. The third-order valence-electron chi connectivity index (χ3n) is 5.12. The van der Waals surface area contributed by atoms with Gasteiger partial charge in [0.2, 0.25) is 0 Å². The van der Waals surface area contributed by atoms with Gasteiger partial charge in [0.1, 0.15) is 17.0 Å². The number of aryl methyl sites for hydroxylation is 2. The summed E-state index contributed by atoms with van der Waals surface area (Å²) in [6, 6.07) is 4.88. The molecule has 0 radical (unpaired) electrons. The maximum atomic E-state index is 14.2. The quantitative estimate of drug-likeness (QED) is 0.617. The molecule has 3 aromatic rings. The first kappa shape index (κ1) is 19.9. The van der Waals surface area contributed by atoms with E-state index < -0.39 is 0 Å². The fourth-order valence-corrected chi connectivity index (χ4v) is 4.57. The summed E-state index contributed by atoms with van der Waals surface area (Å²) in [5.41, 5.74) is 1.64. The van der Waals surface area contributed by atoms with Gasteiger partial charge in [0, 0.05) is 33.2 Å². The number of carbonyl (C=O) groups is 1. The zero-order chi connectivity index (χ0) is 20.4. The Morgan fingerprint density at radius 3 is 2.83 bits per heavy atom. The Morgan fingerprint density at radius 2 is 2.14 bits per heavy atom. The summed E-state index contributed by atoms with van der Waals surface area (Å²) in [5, 5.41) is 4.71. The highest BCUT2D eigenvalue weighted by Crippen LogP contribution is 2.31. The molecule has 1 aliphatic heterocycles. The SMILES string of the molecule is Cc1cnn(C)c1C(=O)N(CCCN1CCOCC1)c1nc2c(F)cccc2s1. The zero-order valence-corrected chi connectivity index (χ0v) is 17.4. The number of aromatic nitrogens is 3. The largest absolute Gasteiger partial charge is 0.379 e. The van der Waals surface area contributed by atoms with E-state index in [1.54, 1.807) is 28.9 Å². The lowest BCUT2D eigenvalue weighted by Gasteiger charge is -2.27. The number of anilines is 1. The number of benzene rings is 1. The molecule has 3 heterocycles. The van der Waals surface area contributed by atoms with E-state index in [-0.39, 0.29) is 11.7 Å². The van der Waals surface area contributed by atoms with Crippen LogP contribution in [0.25, 0.3) is 10.2 Å². The molecule has 1 fully saturated rings. The van der Waals surface area contributed by atoms with Crippen molar-refractivity contribution in [3.63, 3.8) is 0 Å². The van der Waals surface area contributed by atoms with Crippen LogP contribution in [0.3, 0.4) is 0 Å². The van der Waals surface area contributed by atoms with Crippen LogP contribution in [-0.4, -0.2) is 65.0 Å². The molecule has 0 atom stereocenters.